The van der Waals surface area contributed by atoms with E-state index in [0.717, 1.165) is 13.1 Å². The molecule has 18 heavy (non-hydrogen) atoms. The van der Waals surface area contributed by atoms with Crippen LogP contribution in [-0.4, -0.2) is 23.9 Å². The number of likely N-dealkylation sites (tertiary alicyclic amines) is 1. The lowest BCUT2D eigenvalue weighted by Gasteiger charge is -2.35. The van der Waals surface area contributed by atoms with Crippen LogP contribution in [0.3, 0.4) is 0 Å². The molecule has 0 aliphatic carbocycles. The Hall–Kier alpha value is -1.22. The number of rotatable bonds is 1. The lowest BCUT2D eigenvalue weighted by molar-refractivity contribution is 0.0624. The van der Waals surface area contributed by atoms with Crippen molar-refractivity contribution in [3.63, 3.8) is 0 Å². The second-order valence-electron chi connectivity index (χ2n) is 5.36. The third-order valence-corrected chi connectivity index (χ3v) is 3.77. The average molecular weight is 267 g/mol. The summed E-state index contributed by atoms with van der Waals surface area (Å²) in [5.74, 6) is 1.07. The van der Waals surface area contributed by atoms with Gasteiger partial charge in [-0.3, -0.25) is 4.79 Å². The molecule has 0 radical (unpaired) electrons. The van der Waals surface area contributed by atoms with Crippen LogP contribution in [0.25, 0.3) is 0 Å². The van der Waals surface area contributed by atoms with Gasteiger partial charge in [0.2, 0.25) is 0 Å². The van der Waals surface area contributed by atoms with E-state index in [2.05, 4.69) is 13.8 Å². The van der Waals surface area contributed by atoms with Crippen LogP contribution >= 0.6 is 11.6 Å². The minimum Gasteiger partial charge on any atom is -0.397 e. The summed E-state index contributed by atoms with van der Waals surface area (Å²) in [7, 11) is 0. The Bertz CT molecular complexity index is 451. The molecule has 0 aromatic heterocycles. The zero-order valence-electron chi connectivity index (χ0n) is 10.8. The number of para-hydroxylation sites is 1. The maximum atomic E-state index is 12.5. The number of nitrogens with two attached hydrogens (primary N) is 1. The molecule has 2 N–H and O–H groups in total. The molecule has 0 spiro atoms. The molecule has 1 aliphatic rings. The largest absolute Gasteiger partial charge is 0.397 e. The number of carbonyl (C=O) groups excluding carboxylic acids is 1. The van der Waals surface area contributed by atoms with Crippen LogP contribution in [0.15, 0.2) is 18.2 Å². The predicted octanol–water partition coefficient (Wildman–Crippen LogP) is 3.04. The van der Waals surface area contributed by atoms with Crippen molar-refractivity contribution in [2.45, 2.75) is 20.3 Å². The Morgan fingerprint density at radius 2 is 1.94 bits per heavy atom. The van der Waals surface area contributed by atoms with Crippen LogP contribution in [0.1, 0.15) is 30.6 Å². The summed E-state index contributed by atoms with van der Waals surface area (Å²) in [6, 6.07) is 5.21. The first-order valence-electron chi connectivity index (χ1n) is 6.32. The topological polar surface area (TPSA) is 46.3 Å². The van der Waals surface area contributed by atoms with E-state index in [9.17, 15) is 4.79 Å². The van der Waals surface area contributed by atoms with E-state index in [1.807, 2.05) is 4.90 Å². The molecule has 1 fully saturated rings. The number of piperidine rings is 1. The van der Waals surface area contributed by atoms with Crippen LogP contribution in [0.4, 0.5) is 5.69 Å². The third-order valence-electron chi connectivity index (χ3n) is 3.44. The zero-order valence-corrected chi connectivity index (χ0v) is 11.6. The van der Waals surface area contributed by atoms with Crippen molar-refractivity contribution in [2.24, 2.45) is 11.8 Å². The lowest BCUT2D eigenvalue weighted by atomic mass is 9.91. The molecule has 98 valence electrons. The number of anilines is 1. The fraction of sp³-hybridized carbons (Fsp3) is 0.500. The monoisotopic (exact) mass is 266 g/mol. The normalized spacial score (nSPS) is 24.1. The Morgan fingerprint density at radius 3 is 2.56 bits per heavy atom. The minimum absolute atomic E-state index is 0.00611. The highest BCUT2D eigenvalue weighted by Gasteiger charge is 2.27. The van der Waals surface area contributed by atoms with E-state index in [1.165, 1.54) is 6.42 Å². The first-order chi connectivity index (χ1) is 8.49. The van der Waals surface area contributed by atoms with Gasteiger partial charge in [-0.1, -0.05) is 31.5 Å². The quantitative estimate of drug-likeness (QED) is 0.794. The number of nitrogen functional groups attached to an aromatic ring is 1. The van der Waals surface area contributed by atoms with Crippen LogP contribution in [0.2, 0.25) is 5.02 Å². The molecular formula is C14H19ClN2O. The summed E-state index contributed by atoms with van der Waals surface area (Å²) < 4.78 is 0. The van der Waals surface area contributed by atoms with Gasteiger partial charge in [-0.25, -0.2) is 0 Å². The number of carbonyl (C=O) groups is 1. The molecule has 4 heteroatoms. The van der Waals surface area contributed by atoms with Gasteiger partial charge in [0.25, 0.3) is 5.91 Å². The van der Waals surface area contributed by atoms with E-state index in [1.54, 1.807) is 18.2 Å². The average Bonchev–Trinajstić information content (AvgIpc) is 2.30. The zero-order chi connectivity index (χ0) is 13.3. The van der Waals surface area contributed by atoms with E-state index >= 15 is 0 Å². The molecule has 0 bridgehead atoms. The Balaban J connectivity index is 2.23. The van der Waals surface area contributed by atoms with Gasteiger partial charge in [0.05, 0.1) is 16.3 Å². The molecule has 0 saturated carbocycles. The summed E-state index contributed by atoms with van der Waals surface area (Å²) in [5.41, 5.74) is 6.78. The Kier molecular flexibility index (Phi) is 3.81. The third kappa shape index (κ3) is 2.61. The molecule has 2 unspecified atom stereocenters. The van der Waals surface area contributed by atoms with E-state index in [-0.39, 0.29) is 5.91 Å². The first kappa shape index (κ1) is 13.2. The fourth-order valence-electron chi connectivity index (χ4n) is 2.72. The summed E-state index contributed by atoms with van der Waals surface area (Å²) in [6.07, 6.45) is 1.18. The molecule has 2 rings (SSSR count). The first-order valence-corrected chi connectivity index (χ1v) is 6.70. The van der Waals surface area contributed by atoms with Crippen molar-refractivity contribution in [3.8, 4) is 0 Å². The van der Waals surface area contributed by atoms with E-state index < -0.39 is 0 Å². The van der Waals surface area contributed by atoms with Gasteiger partial charge in [-0.2, -0.15) is 0 Å². The summed E-state index contributed by atoms with van der Waals surface area (Å²) >= 11 is 5.96. The molecule has 1 amide bonds. The number of hydrogen-bond donors (Lipinski definition) is 1. The minimum atomic E-state index is -0.00611. The second kappa shape index (κ2) is 5.19. The maximum absolute atomic E-state index is 12.5. The number of nitrogens with zero attached hydrogens (tertiary/aromatic N) is 1. The predicted molar refractivity (Wildman–Crippen MR) is 74.7 cm³/mol. The van der Waals surface area contributed by atoms with Crippen molar-refractivity contribution >= 4 is 23.2 Å². The van der Waals surface area contributed by atoms with Crippen LogP contribution < -0.4 is 5.73 Å². The number of hydrogen-bond acceptors (Lipinski definition) is 2. The summed E-state index contributed by atoms with van der Waals surface area (Å²) in [5, 5.41) is 0.443. The van der Waals surface area contributed by atoms with E-state index in [4.69, 9.17) is 17.3 Å². The molecule has 1 saturated heterocycles. The maximum Gasteiger partial charge on any atom is 0.256 e. The van der Waals surface area contributed by atoms with Crippen molar-refractivity contribution in [2.75, 3.05) is 18.8 Å². The Labute approximate surface area is 113 Å². The Morgan fingerprint density at radius 1 is 1.33 bits per heavy atom. The van der Waals surface area contributed by atoms with Crippen LogP contribution in [0.5, 0.6) is 0 Å². The van der Waals surface area contributed by atoms with Gasteiger partial charge in [-0.05, 0) is 30.4 Å². The van der Waals surface area contributed by atoms with Gasteiger partial charge < -0.3 is 10.6 Å². The van der Waals surface area contributed by atoms with Crippen molar-refractivity contribution in [3.05, 3.63) is 28.8 Å². The van der Waals surface area contributed by atoms with E-state index in [0.29, 0.717) is 28.1 Å². The highest BCUT2D eigenvalue weighted by molar-refractivity contribution is 6.33. The molecular weight excluding hydrogens is 248 g/mol. The summed E-state index contributed by atoms with van der Waals surface area (Å²) in [4.78, 5) is 14.3. The highest BCUT2D eigenvalue weighted by Crippen LogP contribution is 2.27. The van der Waals surface area contributed by atoms with Crippen molar-refractivity contribution in [1.82, 2.24) is 4.90 Å². The SMILES string of the molecule is CC1CC(C)CN(C(=O)c2cccc(Cl)c2N)C1. The molecule has 1 aromatic rings. The molecule has 1 aliphatic heterocycles. The number of benzene rings is 1. The summed E-state index contributed by atoms with van der Waals surface area (Å²) in [6.45, 7) is 5.96. The van der Waals surface area contributed by atoms with Gasteiger partial charge in [0, 0.05) is 13.1 Å². The van der Waals surface area contributed by atoms with Gasteiger partial charge in [0.15, 0.2) is 0 Å². The number of amides is 1. The lowest BCUT2D eigenvalue weighted by Crippen LogP contribution is -2.42. The van der Waals surface area contributed by atoms with Crippen molar-refractivity contribution < 1.29 is 4.79 Å². The van der Waals surface area contributed by atoms with Crippen LogP contribution in [0, 0.1) is 11.8 Å². The second-order valence-corrected chi connectivity index (χ2v) is 5.76. The van der Waals surface area contributed by atoms with Gasteiger partial charge in [-0.15, -0.1) is 0 Å². The molecule has 1 aromatic carbocycles. The standard InChI is InChI=1S/C14H19ClN2O/c1-9-6-10(2)8-17(7-9)14(18)11-4-3-5-12(15)13(11)16/h3-5,9-10H,6-8,16H2,1-2H3. The smallest absolute Gasteiger partial charge is 0.256 e. The number of halogens is 1. The fourth-order valence-corrected chi connectivity index (χ4v) is 2.90. The van der Waals surface area contributed by atoms with Crippen LogP contribution in [-0.2, 0) is 0 Å². The van der Waals surface area contributed by atoms with Gasteiger partial charge >= 0.3 is 0 Å². The molecule has 1 heterocycles. The molecule has 2 atom stereocenters. The van der Waals surface area contributed by atoms with Gasteiger partial charge in [0.1, 0.15) is 0 Å². The molecule has 3 nitrogen and oxygen atoms in total. The highest BCUT2D eigenvalue weighted by atomic mass is 35.5. The van der Waals surface area contributed by atoms with Crippen molar-refractivity contribution in [1.29, 1.82) is 0 Å².